The molecule has 1 aromatic rings. The first-order valence-electron chi connectivity index (χ1n) is 7.05. The highest BCUT2D eigenvalue weighted by atomic mass is 19.4. The van der Waals surface area contributed by atoms with Crippen molar-refractivity contribution < 1.29 is 27.5 Å². The molecule has 0 aromatic carbocycles. The molecule has 1 amide bonds. The lowest BCUT2D eigenvalue weighted by molar-refractivity contribution is -0.272. The van der Waals surface area contributed by atoms with Crippen molar-refractivity contribution in [2.75, 3.05) is 19.6 Å². The van der Waals surface area contributed by atoms with E-state index >= 15 is 0 Å². The van der Waals surface area contributed by atoms with Gasteiger partial charge in [0.25, 0.3) is 5.91 Å². The maximum Gasteiger partial charge on any atom is 0.424 e. The molecule has 0 unspecified atom stereocenters. The van der Waals surface area contributed by atoms with Crippen molar-refractivity contribution in [2.24, 2.45) is 7.05 Å². The smallest absolute Gasteiger partial charge is 0.374 e. The molecule has 1 aliphatic heterocycles. The Morgan fingerprint density at radius 2 is 2.26 bits per heavy atom. The van der Waals surface area contributed by atoms with E-state index in [4.69, 9.17) is 0 Å². The van der Waals surface area contributed by atoms with Gasteiger partial charge in [0.05, 0.1) is 0 Å². The Labute approximate surface area is 129 Å². The molecule has 2 atom stereocenters. The fourth-order valence-corrected chi connectivity index (χ4v) is 2.52. The number of alkyl halides is 4. The first-order chi connectivity index (χ1) is 10.6. The van der Waals surface area contributed by atoms with E-state index < -0.39 is 42.1 Å². The average Bonchev–Trinajstić information content (AvgIpc) is 3.07. The van der Waals surface area contributed by atoms with Crippen LogP contribution in [0.25, 0.3) is 0 Å². The van der Waals surface area contributed by atoms with Crippen LogP contribution in [0.15, 0.2) is 12.4 Å². The highest BCUT2D eigenvalue weighted by Gasteiger charge is 2.57. The molecule has 1 saturated heterocycles. The van der Waals surface area contributed by atoms with E-state index in [0.29, 0.717) is 6.54 Å². The van der Waals surface area contributed by atoms with E-state index in [2.05, 4.69) is 15.6 Å². The Morgan fingerprint density at radius 1 is 1.57 bits per heavy atom. The first-order valence-corrected chi connectivity index (χ1v) is 7.05. The maximum absolute atomic E-state index is 14.1. The molecule has 3 N–H and O–H groups in total. The molecule has 0 bridgehead atoms. The van der Waals surface area contributed by atoms with Crippen molar-refractivity contribution in [3.8, 4) is 0 Å². The molecule has 10 heteroatoms. The number of aliphatic hydroxyl groups is 1. The van der Waals surface area contributed by atoms with E-state index in [9.17, 15) is 27.5 Å². The van der Waals surface area contributed by atoms with Crippen molar-refractivity contribution in [1.82, 2.24) is 20.2 Å². The molecule has 23 heavy (non-hydrogen) atoms. The standard InChI is InChI=1S/C13H18F4N4O2/c1-21-7-6-19-9(21)12(23,13(15,16)17)3-5-20-10(22)11(14)2-4-18-8-11/h6-7,18,23H,2-5,8H2,1H3,(H,20,22)/t11-,12-/m1/s1. The van der Waals surface area contributed by atoms with Crippen LogP contribution >= 0.6 is 0 Å². The van der Waals surface area contributed by atoms with Gasteiger partial charge in [-0.05, 0) is 6.54 Å². The Balaban J connectivity index is 2.06. The number of halogens is 4. The van der Waals surface area contributed by atoms with Crippen molar-refractivity contribution in [3.05, 3.63) is 18.2 Å². The number of carbonyl (C=O) groups is 1. The summed E-state index contributed by atoms with van der Waals surface area (Å²) < 4.78 is 54.9. The Kier molecular flexibility index (Phi) is 4.67. The van der Waals surface area contributed by atoms with Gasteiger partial charge in [-0.2, -0.15) is 13.2 Å². The number of aryl methyl sites for hydroxylation is 1. The van der Waals surface area contributed by atoms with Gasteiger partial charge in [0.1, 0.15) is 5.82 Å². The van der Waals surface area contributed by atoms with E-state index in [1.165, 1.54) is 13.2 Å². The second-order valence-electron chi connectivity index (χ2n) is 5.62. The number of hydrogen-bond donors (Lipinski definition) is 3. The van der Waals surface area contributed by atoms with Crippen molar-refractivity contribution >= 4 is 5.91 Å². The van der Waals surface area contributed by atoms with E-state index in [0.717, 1.165) is 10.8 Å². The van der Waals surface area contributed by atoms with Crippen molar-refractivity contribution in [2.45, 2.75) is 30.3 Å². The van der Waals surface area contributed by atoms with Gasteiger partial charge in [0.2, 0.25) is 11.3 Å². The van der Waals surface area contributed by atoms with Gasteiger partial charge >= 0.3 is 6.18 Å². The third-order valence-corrected chi connectivity index (χ3v) is 3.94. The maximum atomic E-state index is 14.1. The Hall–Kier alpha value is -1.68. The zero-order valence-electron chi connectivity index (χ0n) is 12.5. The van der Waals surface area contributed by atoms with Gasteiger partial charge in [-0.1, -0.05) is 0 Å². The lowest BCUT2D eigenvalue weighted by Gasteiger charge is -2.30. The molecule has 1 fully saturated rings. The van der Waals surface area contributed by atoms with E-state index in [1.54, 1.807) is 0 Å². The van der Waals surface area contributed by atoms with Crippen LogP contribution in [0.1, 0.15) is 18.7 Å². The monoisotopic (exact) mass is 338 g/mol. The number of rotatable bonds is 5. The zero-order valence-corrected chi connectivity index (χ0v) is 12.5. The predicted molar refractivity (Wildman–Crippen MR) is 72.1 cm³/mol. The lowest BCUT2D eigenvalue weighted by Crippen LogP contribution is -2.49. The fourth-order valence-electron chi connectivity index (χ4n) is 2.52. The molecule has 0 saturated carbocycles. The topological polar surface area (TPSA) is 79.2 Å². The van der Waals surface area contributed by atoms with Crippen LogP contribution < -0.4 is 10.6 Å². The number of amides is 1. The number of nitrogens with zero attached hydrogens (tertiary/aromatic N) is 2. The number of imidazole rings is 1. The van der Waals surface area contributed by atoms with Gasteiger partial charge in [-0.15, -0.1) is 0 Å². The first kappa shape index (κ1) is 17.7. The molecular formula is C13H18F4N4O2. The second kappa shape index (κ2) is 6.08. The SMILES string of the molecule is Cn1ccnc1[C@](O)(CCNC(=O)[C@@]1(F)CCNC1)C(F)(F)F. The molecule has 0 aliphatic carbocycles. The quantitative estimate of drug-likeness (QED) is 0.678. The molecule has 2 rings (SSSR count). The van der Waals surface area contributed by atoms with Gasteiger partial charge in [-0.3, -0.25) is 4.79 Å². The van der Waals surface area contributed by atoms with Crippen LogP contribution in [-0.2, 0) is 17.4 Å². The zero-order chi connectivity index (χ0) is 17.3. The summed E-state index contributed by atoms with van der Waals surface area (Å²) in [6.07, 6.45) is -3.49. The predicted octanol–water partition coefficient (Wildman–Crippen LogP) is 0.378. The highest BCUT2D eigenvalue weighted by molar-refractivity contribution is 5.85. The summed E-state index contributed by atoms with van der Waals surface area (Å²) in [5.74, 6) is -1.57. The van der Waals surface area contributed by atoms with E-state index in [1.807, 2.05) is 0 Å². The Morgan fingerprint density at radius 3 is 2.74 bits per heavy atom. The summed E-state index contributed by atoms with van der Waals surface area (Å²) in [4.78, 5) is 15.3. The summed E-state index contributed by atoms with van der Waals surface area (Å²) in [5.41, 5.74) is -5.35. The van der Waals surface area contributed by atoms with E-state index in [-0.39, 0.29) is 13.0 Å². The number of nitrogens with one attached hydrogen (secondary N) is 2. The fraction of sp³-hybridized carbons (Fsp3) is 0.692. The number of hydrogen-bond acceptors (Lipinski definition) is 4. The Bertz CT molecular complexity index is 569. The summed E-state index contributed by atoms with van der Waals surface area (Å²) in [5, 5.41) is 14.9. The lowest BCUT2D eigenvalue weighted by atomic mass is 9.97. The van der Waals surface area contributed by atoms with Gasteiger partial charge in [0.15, 0.2) is 0 Å². The summed E-state index contributed by atoms with van der Waals surface area (Å²) >= 11 is 0. The summed E-state index contributed by atoms with van der Waals surface area (Å²) in [7, 11) is 1.32. The minimum atomic E-state index is -4.99. The third-order valence-electron chi connectivity index (χ3n) is 3.94. The van der Waals surface area contributed by atoms with Gasteiger partial charge in [-0.25, -0.2) is 9.37 Å². The highest BCUT2D eigenvalue weighted by Crippen LogP contribution is 2.40. The molecule has 0 radical (unpaired) electrons. The molecule has 1 aromatic heterocycles. The second-order valence-corrected chi connectivity index (χ2v) is 5.62. The molecule has 0 spiro atoms. The molecular weight excluding hydrogens is 320 g/mol. The van der Waals surface area contributed by atoms with Crippen LogP contribution in [0.2, 0.25) is 0 Å². The van der Waals surface area contributed by atoms with Crippen LogP contribution in [0.4, 0.5) is 17.6 Å². The van der Waals surface area contributed by atoms with Crippen molar-refractivity contribution in [1.29, 1.82) is 0 Å². The molecule has 130 valence electrons. The van der Waals surface area contributed by atoms with Crippen LogP contribution in [0, 0.1) is 0 Å². The van der Waals surface area contributed by atoms with Crippen LogP contribution in [0.3, 0.4) is 0 Å². The van der Waals surface area contributed by atoms with Gasteiger partial charge in [0, 0.05) is 45.4 Å². The normalized spacial score (nSPS) is 24.4. The third kappa shape index (κ3) is 3.32. The molecule has 6 nitrogen and oxygen atoms in total. The van der Waals surface area contributed by atoms with Crippen molar-refractivity contribution in [3.63, 3.8) is 0 Å². The summed E-state index contributed by atoms with van der Waals surface area (Å²) in [6.45, 7) is -0.390. The van der Waals surface area contributed by atoms with Gasteiger partial charge < -0.3 is 20.3 Å². The largest absolute Gasteiger partial charge is 0.424 e. The number of carbonyl (C=O) groups excluding carboxylic acids is 1. The molecule has 2 heterocycles. The summed E-state index contributed by atoms with van der Waals surface area (Å²) in [6, 6.07) is 0. The average molecular weight is 338 g/mol. The minimum absolute atomic E-state index is 0.0399. The van der Waals surface area contributed by atoms with Crippen LogP contribution in [-0.4, -0.2) is 52.0 Å². The number of aromatic nitrogens is 2. The minimum Gasteiger partial charge on any atom is -0.374 e. The molecule has 1 aliphatic rings. The van der Waals surface area contributed by atoms with Crippen LogP contribution in [0.5, 0.6) is 0 Å².